The Bertz CT molecular complexity index is 1120. The van der Waals surface area contributed by atoms with Crippen LogP contribution < -0.4 is 10.9 Å². The highest BCUT2D eigenvalue weighted by atomic mass is 32.1. The van der Waals surface area contributed by atoms with Gasteiger partial charge in [-0.2, -0.15) is 0 Å². The number of ether oxygens (including phenoxy) is 1. The summed E-state index contributed by atoms with van der Waals surface area (Å²) in [6.45, 7) is 6.06. The van der Waals surface area contributed by atoms with Crippen molar-refractivity contribution in [3.8, 4) is 0 Å². The first kappa shape index (κ1) is 21.5. The topological polar surface area (TPSA) is 57.4 Å². The summed E-state index contributed by atoms with van der Waals surface area (Å²) >= 11 is 5.76. The molecule has 2 aromatic carbocycles. The molecule has 0 amide bonds. The highest BCUT2D eigenvalue weighted by Crippen LogP contribution is 2.18. The number of hydrogen-bond donors (Lipinski definition) is 2. The predicted molar refractivity (Wildman–Crippen MR) is 131 cm³/mol. The van der Waals surface area contributed by atoms with Crippen LogP contribution in [-0.2, 0) is 17.7 Å². The van der Waals surface area contributed by atoms with Crippen LogP contribution in [0.2, 0.25) is 0 Å². The van der Waals surface area contributed by atoms with Gasteiger partial charge >= 0.3 is 0 Å². The number of nitrogens with one attached hydrogen (secondary N) is 2. The smallest absolute Gasteiger partial charge is 0.253 e. The molecule has 1 atom stereocenters. The number of nitrogens with zero attached hydrogens (tertiary/aromatic N) is 1. The Morgan fingerprint density at radius 3 is 2.74 bits per heavy atom. The second kappa shape index (κ2) is 9.62. The van der Waals surface area contributed by atoms with E-state index in [9.17, 15) is 4.79 Å². The van der Waals surface area contributed by atoms with Crippen molar-refractivity contribution < 1.29 is 4.74 Å². The number of anilines is 1. The van der Waals surface area contributed by atoms with Gasteiger partial charge in [0.1, 0.15) is 0 Å². The second-order valence-electron chi connectivity index (χ2n) is 8.21. The molecule has 4 rings (SSSR count). The molecule has 1 saturated heterocycles. The molecule has 1 aliphatic heterocycles. The molecule has 1 aromatic heterocycles. The van der Waals surface area contributed by atoms with Crippen LogP contribution in [0.4, 0.5) is 5.69 Å². The number of benzene rings is 2. The number of fused-ring (bicyclic) bond motifs is 1. The zero-order valence-electron chi connectivity index (χ0n) is 18.1. The quantitative estimate of drug-likeness (QED) is 0.546. The highest BCUT2D eigenvalue weighted by molar-refractivity contribution is 7.80. The van der Waals surface area contributed by atoms with Crippen molar-refractivity contribution in [1.82, 2.24) is 9.88 Å². The molecule has 2 heterocycles. The number of aryl methyl sites for hydroxylation is 2. The van der Waals surface area contributed by atoms with E-state index in [1.807, 2.05) is 35.2 Å². The van der Waals surface area contributed by atoms with Crippen molar-refractivity contribution in [1.29, 1.82) is 0 Å². The number of rotatable bonds is 6. The van der Waals surface area contributed by atoms with E-state index in [0.29, 0.717) is 23.8 Å². The molecule has 162 valence electrons. The average Bonchev–Trinajstić information content (AvgIpc) is 3.27. The van der Waals surface area contributed by atoms with Crippen LogP contribution in [-0.4, -0.2) is 34.3 Å². The Morgan fingerprint density at radius 2 is 2.03 bits per heavy atom. The minimum absolute atomic E-state index is 0.0798. The molecule has 0 aliphatic carbocycles. The molecule has 0 saturated carbocycles. The monoisotopic (exact) mass is 435 g/mol. The summed E-state index contributed by atoms with van der Waals surface area (Å²) < 4.78 is 5.85. The predicted octanol–water partition coefficient (Wildman–Crippen LogP) is 4.78. The summed E-state index contributed by atoms with van der Waals surface area (Å²) in [6, 6.07) is 16.3. The van der Waals surface area contributed by atoms with Gasteiger partial charge in [-0.1, -0.05) is 30.7 Å². The van der Waals surface area contributed by atoms with E-state index in [1.54, 1.807) is 0 Å². The SMILES string of the molecule is CCc1ccc(NC(=S)N(Cc2cc3cc(C)ccc3[nH]c2=O)C[C@@H]2CCCO2)cc1. The fraction of sp³-hybridized carbons (Fsp3) is 0.360. The van der Waals surface area contributed by atoms with Gasteiger partial charge in [-0.25, -0.2) is 0 Å². The first-order chi connectivity index (χ1) is 15.0. The lowest BCUT2D eigenvalue weighted by atomic mass is 10.1. The van der Waals surface area contributed by atoms with E-state index in [4.69, 9.17) is 17.0 Å². The van der Waals surface area contributed by atoms with E-state index < -0.39 is 0 Å². The zero-order chi connectivity index (χ0) is 21.8. The van der Waals surface area contributed by atoms with E-state index in [-0.39, 0.29) is 11.7 Å². The molecule has 31 heavy (non-hydrogen) atoms. The minimum atomic E-state index is -0.0798. The molecule has 0 spiro atoms. The van der Waals surface area contributed by atoms with E-state index in [2.05, 4.69) is 42.3 Å². The number of aromatic nitrogens is 1. The number of H-pyrrole nitrogens is 1. The molecular formula is C25H29N3O2S. The maximum Gasteiger partial charge on any atom is 0.253 e. The summed E-state index contributed by atoms with van der Waals surface area (Å²) in [4.78, 5) is 17.8. The molecule has 0 bridgehead atoms. The average molecular weight is 436 g/mol. The Morgan fingerprint density at radius 1 is 1.23 bits per heavy atom. The van der Waals surface area contributed by atoms with Crippen molar-refractivity contribution in [3.63, 3.8) is 0 Å². The molecule has 1 fully saturated rings. The summed E-state index contributed by atoms with van der Waals surface area (Å²) in [5, 5.41) is 4.97. The van der Waals surface area contributed by atoms with Gasteiger partial charge in [0.25, 0.3) is 5.56 Å². The fourth-order valence-electron chi connectivity index (χ4n) is 3.97. The van der Waals surface area contributed by atoms with Gasteiger partial charge in [0, 0.05) is 29.9 Å². The van der Waals surface area contributed by atoms with Crippen LogP contribution in [0.3, 0.4) is 0 Å². The van der Waals surface area contributed by atoms with Crippen LogP contribution in [0.15, 0.2) is 53.3 Å². The van der Waals surface area contributed by atoms with Gasteiger partial charge in [0.05, 0.1) is 12.6 Å². The van der Waals surface area contributed by atoms with Gasteiger partial charge in [0.15, 0.2) is 5.11 Å². The standard InChI is InChI=1S/C25H29N3O2S/c1-3-18-7-9-21(10-8-18)26-25(31)28(16-22-5-4-12-30-22)15-20-14-19-13-17(2)6-11-23(19)27-24(20)29/h6-11,13-14,22H,3-5,12,15-16H2,1-2H3,(H,26,31)(H,27,29)/t22-/m0/s1. The number of hydrogen-bond acceptors (Lipinski definition) is 3. The van der Waals surface area contributed by atoms with Crippen LogP contribution in [0.1, 0.15) is 36.5 Å². The fourth-order valence-corrected chi connectivity index (χ4v) is 4.23. The van der Waals surface area contributed by atoms with Crippen LogP contribution >= 0.6 is 12.2 Å². The Balaban J connectivity index is 1.58. The van der Waals surface area contributed by atoms with Crippen molar-refractivity contribution in [2.75, 3.05) is 18.5 Å². The summed E-state index contributed by atoms with van der Waals surface area (Å²) in [5.41, 5.74) is 4.86. The van der Waals surface area contributed by atoms with Gasteiger partial charge in [0.2, 0.25) is 0 Å². The summed E-state index contributed by atoms with van der Waals surface area (Å²) in [7, 11) is 0. The second-order valence-corrected chi connectivity index (χ2v) is 8.60. The van der Waals surface area contributed by atoms with Crippen molar-refractivity contribution >= 4 is 33.9 Å². The molecular weight excluding hydrogens is 406 g/mol. The van der Waals surface area contributed by atoms with Crippen molar-refractivity contribution in [3.05, 3.63) is 75.6 Å². The summed E-state index contributed by atoms with van der Waals surface area (Å²) in [6.07, 6.45) is 3.20. The van der Waals surface area contributed by atoms with E-state index >= 15 is 0 Å². The first-order valence-corrected chi connectivity index (χ1v) is 11.3. The molecule has 5 nitrogen and oxygen atoms in total. The van der Waals surface area contributed by atoms with Gasteiger partial charge in [-0.05, 0) is 79.7 Å². The Kier molecular flexibility index (Phi) is 6.68. The van der Waals surface area contributed by atoms with E-state index in [0.717, 1.165) is 48.0 Å². The molecule has 0 unspecified atom stereocenters. The van der Waals surface area contributed by atoms with Crippen molar-refractivity contribution in [2.24, 2.45) is 0 Å². The highest BCUT2D eigenvalue weighted by Gasteiger charge is 2.22. The summed E-state index contributed by atoms with van der Waals surface area (Å²) in [5.74, 6) is 0. The largest absolute Gasteiger partial charge is 0.376 e. The van der Waals surface area contributed by atoms with Gasteiger partial charge in [-0.15, -0.1) is 0 Å². The lowest BCUT2D eigenvalue weighted by molar-refractivity contribution is 0.0904. The maximum atomic E-state index is 12.8. The normalized spacial score (nSPS) is 15.9. The van der Waals surface area contributed by atoms with Crippen molar-refractivity contribution in [2.45, 2.75) is 45.8 Å². The van der Waals surface area contributed by atoms with Gasteiger partial charge < -0.3 is 19.9 Å². The Hall–Kier alpha value is -2.70. The van der Waals surface area contributed by atoms with Crippen LogP contribution in [0, 0.1) is 6.92 Å². The molecule has 0 radical (unpaired) electrons. The zero-order valence-corrected chi connectivity index (χ0v) is 18.9. The molecule has 2 N–H and O–H groups in total. The third-order valence-electron chi connectivity index (χ3n) is 5.79. The minimum Gasteiger partial charge on any atom is -0.376 e. The molecule has 6 heteroatoms. The number of pyridine rings is 1. The van der Waals surface area contributed by atoms with Gasteiger partial charge in [-0.3, -0.25) is 4.79 Å². The lowest BCUT2D eigenvalue weighted by Gasteiger charge is -2.28. The lowest BCUT2D eigenvalue weighted by Crippen LogP contribution is -2.40. The maximum absolute atomic E-state index is 12.8. The number of thiocarbonyl (C=S) groups is 1. The molecule has 1 aliphatic rings. The van der Waals surface area contributed by atoms with Crippen LogP contribution in [0.5, 0.6) is 0 Å². The Labute approximate surface area is 188 Å². The molecule has 3 aromatic rings. The number of aromatic amines is 1. The third-order valence-corrected chi connectivity index (χ3v) is 6.15. The van der Waals surface area contributed by atoms with E-state index in [1.165, 1.54) is 5.56 Å². The van der Waals surface area contributed by atoms with Crippen LogP contribution in [0.25, 0.3) is 10.9 Å². The first-order valence-electron chi connectivity index (χ1n) is 10.9. The third kappa shape index (κ3) is 5.32.